The summed E-state index contributed by atoms with van der Waals surface area (Å²) >= 11 is 0. The van der Waals surface area contributed by atoms with Gasteiger partial charge in [0.2, 0.25) is 0 Å². The molecule has 0 amide bonds. The highest BCUT2D eigenvalue weighted by Crippen LogP contribution is 2.35. The summed E-state index contributed by atoms with van der Waals surface area (Å²) in [5, 5.41) is 0.201. The molecule has 0 radical (unpaired) electrons. The molecule has 0 aliphatic carbocycles. The van der Waals surface area contributed by atoms with E-state index in [0.717, 1.165) is 6.07 Å². The molecule has 0 saturated carbocycles. The van der Waals surface area contributed by atoms with Crippen molar-refractivity contribution in [3.8, 4) is 5.75 Å². The van der Waals surface area contributed by atoms with Gasteiger partial charge in [0.15, 0.2) is 6.29 Å². The van der Waals surface area contributed by atoms with Gasteiger partial charge in [0.1, 0.15) is 11.4 Å². The van der Waals surface area contributed by atoms with Gasteiger partial charge in [0.05, 0.1) is 12.6 Å². The van der Waals surface area contributed by atoms with Crippen LogP contribution in [0, 0.1) is 0 Å². The molecule has 6 heteroatoms. The van der Waals surface area contributed by atoms with Crippen LogP contribution in [0.25, 0.3) is 10.9 Å². The van der Waals surface area contributed by atoms with Crippen molar-refractivity contribution in [1.29, 1.82) is 0 Å². The van der Waals surface area contributed by atoms with E-state index in [4.69, 9.17) is 4.74 Å². The number of ether oxygens (including phenoxy) is 1. The minimum absolute atomic E-state index is 0.171. The Labute approximate surface area is 94.2 Å². The molecule has 90 valence electrons. The fourth-order valence-corrected chi connectivity index (χ4v) is 1.64. The van der Waals surface area contributed by atoms with Crippen LogP contribution in [0.4, 0.5) is 13.2 Å². The molecule has 0 saturated heterocycles. The predicted octanol–water partition coefficient (Wildman–Crippen LogP) is 3.01. The molecule has 1 N–H and O–H groups in total. The number of nitrogens with one attached hydrogen (secondary N) is 1. The number of alkyl halides is 3. The topological polar surface area (TPSA) is 42.1 Å². The molecule has 3 nitrogen and oxygen atoms in total. The summed E-state index contributed by atoms with van der Waals surface area (Å²) in [7, 11) is 1.35. The van der Waals surface area contributed by atoms with Crippen molar-refractivity contribution in [3.05, 3.63) is 29.5 Å². The summed E-state index contributed by atoms with van der Waals surface area (Å²) in [5.41, 5.74) is -0.544. The highest BCUT2D eigenvalue weighted by molar-refractivity contribution is 6.00. The molecule has 0 spiro atoms. The maximum absolute atomic E-state index is 12.5. The van der Waals surface area contributed by atoms with Crippen molar-refractivity contribution in [3.63, 3.8) is 0 Å². The van der Waals surface area contributed by atoms with Crippen LogP contribution >= 0.6 is 0 Å². The molecule has 0 bridgehead atoms. The Bertz CT molecular complexity index is 572. The summed E-state index contributed by atoms with van der Waals surface area (Å²) in [4.78, 5) is 13.0. The van der Waals surface area contributed by atoms with Gasteiger partial charge in [-0.05, 0) is 18.2 Å². The highest BCUT2D eigenvalue weighted by atomic mass is 19.4. The summed E-state index contributed by atoms with van der Waals surface area (Å²) in [6.07, 6.45) is -3.97. The van der Waals surface area contributed by atoms with E-state index in [9.17, 15) is 18.0 Å². The van der Waals surface area contributed by atoms with Crippen LogP contribution in [0.3, 0.4) is 0 Å². The van der Waals surface area contributed by atoms with Crippen LogP contribution < -0.4 is 4.74 Å². The van der Waals surface area contributed by atoms with Gasteiger partial charge in [0.25, 0.3) is 0 Å². The standard InChI is InChI=1S/C11H8F3NO2/c1-17-8-3-2-6(5-16)7-4-9(11(12,13)14)15-10(7)8/h2-5,15H,1H3. The number of carbonyl (C=O) groups is 1. The second-order valence-corrected chi connectivity index (χ2v) is 3.44. The number of rotatable bonds is 2. The normalized spacial score (nSPS) is 11.8. The second kappa shape index (κ2) is 3.80. The van der Waals surface area contributed by atoms with Gasteiger partial charge in [0, 0.05) is 10.9 Å². The monoisotopic (exact) mass is 243 g/mol. The number of methoxy groups -OCH3 is 1. The average molecular weight is 243 g/mol. The number of aromatic nitrogens is 1. The minimum Gasteiger partial charge on any atom is -0.495 e. The summed E-state index contributed by atoms with van der Waals surface area (Å²) < 4.78 is 42.5. The number of hydrogen-bond donors (Lipinski definition) is 1. The first-order valence-electron chi connectivity index (χ1n) is 4.69. The lowest BCUT2D eigenvalue weighted by molar-refractivity contribution is -0.140. The van der Waals surface area contributed by atoms with E-state index in [2.05, 4.69) is 4.98 Å². The van der Waals surface area contributed by atoms with Gasteiger partial charge in [-0.3, -0.25) is 4.79 Å². The van der Waals surface area contributed by atoms with E-state index >= 15 is 0 Å². The Morgan fingerprint density at radius 2 is 2.06 bits per heavy atom. The fraction of sp³-hybridized carbons (Fsp3) is 0.182. The quantitative estimate of drug-likeness (QED) is 0.824. The number of benzene rings is 1. The Balaban J connectivity index is 2.77. The Morgan fingerprint density at radius 3 is 2.59 bits per heavy atom. The van der Waals surface area contributed by atoms with Gasteiger partial charge in [-0.15, -0.1) is 0 Å². The third-order valence-electron chi connectivity index (χ3n) is 2.44. The molecular formula is C11H8F3NO2. The number of H-pyrrole nitrogens is 1. The van der Waals surface area contributed by atoms with Crippen molar-refractivity contribution < 1.29 is 22.7 Å². The maximum Gasteiger partial charge on any atom is 0.431 e. The number of aromatic amines is 1. The van der Waals surface area contributed by atoms with Gasteiger partial charge >= 0.3 is 6.18 Å². The van der Waals surface area contributed by atoms with E-state index in [0.29, 0.717) is 6.29 Å². The van der Waals surface area contributed by atoms with Crippen molar-refractivity contribution >= 4 is 17.2 Å². The summed E-state index contributed by atoms with van der Waals surface area (Å²) in [5.74, 6) is 0.265. The summed E-state index contributed by atoms with van der Waals surface area (Å²) in [6, 6.07) is 3.77. The van der Waals surface area contributed by atoms with Crippen LogP contribution in [0.1, 0.15) is 16.1 Å². The van der Waals surface area contributed by atoms with Crippen LogP contribution in [0.5, 0.6) is 5.75 Å². The van der Waals surface area contributed by atoms with Crippen molar-refractivity contribution in [2.75, 3.05) is 7.11 Å². The van der Waals surface area contributed by atoms with E-state index < -0.39 is 11.9 Å². The van der Waals surface area contributed by atoms with Crippen molar-refractivity contribution in [1.82, 2.24) is 4.98 Å². The third kappa shape index (κ3) is 1.86. The number of halogens is 3. The lowest BCUT2D eigenvalue weighted by Crippen LogP contribution is -2.04. The zero-order valence-electron chi connectivity index (χ0n) is 8.76. The molecule has 2 aromatic rings. The molecule has 1 heterocycles. The maximum atomic E-state index is 12.5. The van der Waals surface area contributed by atoms with Crippen molar-refractivity contribution in [2.24, 2.45) is 0 Å². The molecule has 17 heavy (non-hydrogen) atoms. The van der Waals surface area contributed by atoms with Crippen molar-refractivity contribution in [2.45, 2.75) is 6.18 Å². The molecule has 1 aromatic carbocycles. The largest absolute Gasteiger partial charge is 0.495 e. The predicted molar refractivity (Wildman–Crippen MR) is 55.2 cm³/mol. The number of fused-ring (bicyclic) bond motifs is 1. The molecule has 2 rings (SSSR count). The molecule has 1 aromatic heterocycles. The van der Waals surface area contributed by atoms with Crippen LogP contribution in [-0.4, -0.2) is 18.4 Å². The Kier molecular flexibility index (Phi) is 2.57. The number of carbonyl (C=O) groups excluding carboxylic acids is 1. The zero-order chi connectivity index (χ0) is 12.6. The van der Waals surface area contributed by atoms with Gasteiger partial charge in [-0.25, -0.2) is 0 Å². The lowest BCUT2D eigenvalue weighted by Gasteiger charge is -2.03. The molecule has 0 aliphatic heterocycles. The first-order chi connectivity index (χ1) is 7.97. The SMILES string of the molecule is COc1ccc(C=O)c2cc(C(F)(F)F)[nH]c12. The average Bonchev–Trinajstić information content (AvgIpc) is 2.72. The molecule has 0 unspecified atom stereocenters. The van der Waals surface area contributed by atoms with Gasteiger partial charge < -0.3 is 9.72 Å². The number of hydrogen-bond acceptors (Lipinski definition) is 2. The van der Waals surface area contributed by atoms with Crippen LogP contribution in [0.15, 0.2) is 18.2 Å². The highest BCUT2D eigenvalue weighted by Gasteiger charge is 2.33. The Hall–Kier alpha value is -1.98. The third-order valence-corrected chi connectivity index (χ3v) is 2.44. The summed E-state index contributed by atoms with van der Waals surface area (Å²) in [6.45, 7) is 0. The van der Waals surface area contributed by atoms with E-state index in [-0.39, 0.29) is 22.2 Å². The van der Waals surface area contributed by atoms with Crippen LogP contribution in [0.2, 0.25) is 0 Å². The van der Waals surface area contributed by atoms with E-state index in [1.54, 1.807) is 0 Å². The first-order valence-corrected chi connectivity index (χ1v) is 4.69. The fourth-order valence-electron chi connectivity index (χ4n) is 1.64. The van der Waals surface area contributed by atoms with Gasteiger partial charge in [-0.1, -0.05) is 0 Å². The number of aldehydes is 1. The van der Waals surface area contributed by atoms with Gasteiger partial charge in [-0.2, -0.15) is 13.2 Å². The lowest BCUT2D eigenvalue weighted by atomic mass is 10.1. The Morgan fingerprint density at radius 1 is 1.35 bits per heavy atom. The van der Waals surface area contributed by atoms with E-state index in [1.165, 1.54) is 19.2 Å². The minimum atomic E-state index is -4.48. The molecular weight excluding hydrogens is 235 g/mol. The van der Waals surface area contributed by atoms with Crippen LogP contribution in [-0.2, 0) is 6.18 Å². The first kappa shape index (κ1) is 11.5. The zero-order valence-corrected chi connectivity index (χ0v) is 8.76. The van der Waals surface area contributed by atoms with E-state index in [1.807, 2.05) is 0 Å². The second-order valence-electron chi connectivity index (χ2n) is 3.44. The molecule has 0 aliphatic rings. The smallest absolute Gasteiger partial charge is 0.431 e. The molecule has 0 fully saturated rings. The molecule has 0 atom stereocenters.